The molecule has 0 radical (unpaired) electrons. The smallest absolute Gasteiger partial charge is 0.419 e. The molecule has 0 aliphatic carbocycles. The van der Waals surface area contributed by atoms with Crippen molar-refractivity contribution in [1.82, 2.24) is 4.98 Å². The van der Waals surface area contributed by atoms with E-state index in [-0.39, 0.29) is 11.6 Å². The normalized spacial score (nSPS) is 11.3. The molecular weight excluding hydrogens is 311 g/mol. The lowest BCUT2D eigenvalue weighted by Crippen LogP contribution is -2.07. The quantitative estimate of drug-likeness (QED) is 0.752. The van der Waals surface area contributed by atoms with E-state index in [0.717, 1.165) is 6.07 Å². The van der Waals surface area contributed by atoms with Crippen molar-refractivity contribution < 1.29 is 17.9 Å². The molecule has 0 unspecified atom stereocenters. The molecule has 2 nitrogen and oxygen atoms in total. The first-order valence-corrected chi connectivity index (χ1v) is 5.73. The molecule has 0 saturated carbocycles. The number of halogens is 4. The Morgan fingerprint density at radius 3 is 2.39 bits per heavy atom. The molecule has 0 aliphatic rings. The molecular formula is C12H7BrF3NO. The van der Waals surface area contributed by atoms with Gasteiger partial charge in [0.2, 0.25) is 5.88 Å². The second-order valence-electron chi connectivity index (χ2n) is 3.39. The van der Waals surface area contributed by atoms with Gasteiger partial charge in [-0.1, -0.05) is 18.2 Å². The van der Waals surface area contributed by atoms with Gasteiger partial charge in [-0.3, -0.25) is 0 Å². The highest BCUT2D eigenvalue weighted by Gasteiger charge is 2.34. The third-order valence-corrected chi connectivity index (χ3v) is 2.54. The summed E-state index contributed by atoms with van der Waals surface area (Å²) >= 11 is 3.12. The number of benzene rings is 1. The third-order valence-electron chi connectivity index (χ3n) is 2.10. The second kappa shape index (κ2) is 4.97. The van der Waals surface area contributed by atoms with Crippen LogP contribution in [0.15, 0.2) is 47.1 Å². The molecule has 0 N–H and O–H groups in total. The number of rotatable bonds is 2. The van der Waals surface area contributed by atoms with Crippen molar-refractivity contribution in [3.8, 4) is 11.6 Å². The zero-order valence-electron chi connectivity index (χ0n) is 8.91. The Morgan fingerprint density at radius 2 is 1.72 bits per heavy atom. The van der Waals surface area contributed by atoms with Gasteiger partial charge >= 0.3 is 6.18 Å². The summed E-state index contributed by atoms with van der Waals surface area (Å²) in [5.41, 5.74) is -0.827. The number of alkyl halides is 3. The number of hydrogen-bond donors (Lipinski definition) is 0. The van der Waals surface area contributed by atoms with Crippen molar-refractivity contribution in [2.45, 2.75) is 6.18 Å². The van der Waals surface area contributed by atoms with Crippen LogP contribution in [0.5, 0.6) is 11.6 Å². The fraction of sp³-hybridized carbons (Fsp3) is 0.0833. The molecule has 0 atom stereocenters. The van der Waals surface area contributed by atoms with Crippen LogP contribution in [0.4, 0.5) is 13.2 Å². The Labute approximate surface area is 110 Å². The molecule has 1 heterocycles. The van der Waals surface area contributed by atoms with Crippen molar-refractivity contribution in [1.29, 1.82) is 0 Å². The third kappa shape index (κ3) is 3.01. The first-order chi connectivity index (χ1) is 8.47. The minimum atomic E-state index is -4.46. The molecule has 18 heavy (non-hydrogen) atoms. The van der Waals surface area contributed by atoms with Gasteiger partial charge in [0.15, 0.2) is 0 Å². The molecule has 2 rings (SSSR count). The zero-order valence-corrected chi connectivity index (χ0v) is 10.5. The standard InChI is InChI=1S/C12H7BrF3NO/c13-10-6-3-7-11(17-10)18-9-5-2-1-4-8(9)12(14,15)16/h1-7H. The van der Waals surface area contributed by atoms with Gasteiger partial charge < -0.3 is 4.74 Å². The van der Waals surface area contributed by atoms with Crippen molar-refractivity contribution in [3.63, 3.8) is 0 Å². The molecule has 2 aromatic rings. The van der Waals surface area contributed by atoms with Gasteiger partial charge in [-0.15, -0.1) is 0 Å². The van der Waals surface area contributed by atoms with Gasteiger partial charge in [-0.2, -0.15) is 13.2 Å². The molecule has 6 heteroatoms. The molecule has 0 aliphatic heterocycles. The Balaban J connectivity index is 2.35. The molecule has 1 aromatic heterocycles. The Hall–Kier alpha value is -1.56. The Kier molecular flexibility index (Phi) is 3.56. The molecule has 0 saturated heterocycles. The summed E-state index contributed by atoms with van der Waals surface area (Å²) in [4.78, 5) is 3.92. The highest BCUT2D eigenvalue weighted by Crippen LogP contribution is 2.37. The van der Waals surface area contributed by atoms with Crippen LogP contribution in [0.1, 0.15) is 5.56 Å². The van der Waals surface area contributed by atoms with Crippen molar-refractivity contribution in [3.05, 3.63) is 52.6 Å². The van der Waals surface area contributed by atoms with Crippen molar-refractivity contribution >= 4 is 15.9 Å². The van der Waals surface area contributed by atoms with Gasteiger partial charge in [0.05, 0.1) is 5.56 Å². The first-order valence-electron chi connectivity index (χ1n) is 4.93. The molecule has 94 valence electrons. The fourth-order valence-corrected chi connectivity index (χ4v) is 1.68. The zero-order chi connectivity index (χ0) is 13.2. The van der Waals surface area contributed by atoms with Gasteiger partial charge in [0.25, 0.3) is 0 Å². The number of nitrogens with zero attached hydrogens (tertiary/aromatic N) is 1. The monoisotopic (exact) mass is 317 g/mol. The highest BCUT2D eigenvalue weighted by atomic mass is 79.9. The SMILES string of the molecule is FC(F)(F)c1ccccc1Oc1cccc(Br)n1. The van der Waals surface area contributed by atoms with Gasteiger partial charge in [-0.05, 0) is 34.1 Å². The maximum absolute atomic E-state index is 12.7. The Bertz CT molecular complexity index is 557. The lowest BCUT2D eigenvalue weighted by atomic mass is 10.2. The van der Waals surface area contributed by atoms with Crippen LogP contribution in [0.25, 0.3) is 0 Å². The summed E-state index contributed by atoms with van der Waals surface area (Å²) in [6, 6.07) is 9.77. The summed E-state index contributed by atoms with van der Waals surface area (Å²) in [6.07, 6.45) is -4.46. The van der Waals surface area contributed by atoms with Crippen LogP contribution in [0.2, 0.25) is 0 Å². The highest BCUT2D eigenvalue weighted by molar-refractivity contribution is 9.10. The summed E-state index contributed by atoms with van der Waals surface area (Å²) in [6.45, 7) is 0. The topological polar surface area (TPSA) is 22.1 Å². The van der Waals surface area contributed by atoms with Crippen molar-refractivity contribution in [2.24, 2.45) is 0 Å². The molecule has 0 spiro atoms. The maximum Gasteiger partial charge on any atom is 0.419 e. The second-order valence-corrected chi connectivity index (χ2v) is 4.21. The van der Waals surface area contributed by atoms with E-state index < -0.39 is 11.7 Å². The summed E-state index contributed by atoms with van der Waals surface area (Å²) < 4.78 is 43.8. The van der Waals surface area contributed by atoms with E-state index in [1.54, 1.807) is 12.1 Å². The van der Waals surface area contributed by atoms with Gasteiger partial charge in [-0.25, -0.2) is 4.98 Å². The molecule has 1 aromatic carbocycles. The minimum absolute atomic E-state index is 0.0982. The van der Waals surface area contributed by atoms with E-state index in [1.807, 2.05) is 0 Å². The van der Waals surface area contributed by atoms with Crippen molar-refractivity contribution in [2.75, 3.05) is 0 Å². The number of pyridine rings is 1. The van der Waals surface area contributed by atoms with E-state index in [2.05, 4.69) is 20.9 Å². The molecule has 0 fully saturated rings. The average Bonchev–Trinajstić information content (AvgIpc) is 2.28. The van der Waals surface area contributed by atoms with E-state index >= 15 is 0 Å². The molecule has 0 amide bonds. The maximum atomic E-state index is 12.7. The van der Waals surface area contributed by atoms with E-state index in [1.165, 1.54) is 24.3 Å². The van der Waals surface area contributed by atoms with E-state index in [9.17, 15) is 13.2 Å². The van der Waals surface area contributed by atoms with E-state index in [0.29, 0.717) is 4.60 Å². The van der Waals surface area contributed by atoms with Crippen LogP contribution >= 0.6 is 15.9 Å². The van der Waals surface area contributed by atoms with Crippen LogP contribution < -0.4 is 4.74 Å². The van der Waals surface area contributed by atoms with Crippen LogP contribution in [-0.4, -0.2) is 4.98 Å². The van der Waals surface area contributed by atoms with Crippen LogP contribution in [0.3, 0.4) is 0 Å². The largest absolute Gasteiger partial charge is 0.438 e. The average molecular weight is 318 g/mol. The number of ether oxygens (including phenoxy) is 1. The number of aromatic nitrogens is 1. The summed E-state index contributed by atoms with van der Waals surface area (Å²) in [7, 11) is 0. The molecule has 0 bridgehead atoms. The lowest BCUT2D eigenvalue weighted by molar-refractivity contribution is -0.138. The fourth-order valence-electron chi connectivity index (χ4n) is 1.35. The Morgan fingerprint density at radius 1 is 1.00 bits per heavy atom. The summed E-state index contributed by atoms with van der Waals surface area (Å²) in [5, 5.41) is 0. The lowest BCUT2D eigenvalue weighted by Gasteiger charge is -2.12. The van der Waals surface area contributed by atoms with Gasteiger partial charge in [0.1, 0.15) is 10.4 Å². The predicted octanol–water partition coefficient (Wildman–Crippen LogP) is 4.66. The van der Waals surface area contributed by atoms with Crippen LogP contribution in [-0.2, 0) is 6.18 Å². The first kappa shape index (κ1) is 12.9. The number of hydrogen-bond acceptors (Lipinski definition) is 2. The summed E-state index contributed by atoms with van der Waals surface area (Å²) in [5.74, 6) is -0.170. The van der Waals surface area contributed by atoms with E-state index in [4.69, 9.17) is 4.74 Å². The van der Waals surface area contributed by atoms with Crippen LogP contribution in [0, 0.1) is 0 Å². The number of para-hydroxylation sites is 1. The predicted molar refractivity (Wildman–Crippen MR) is 63.5 cm³/mol. The van der Waals surface area contributed by atoms with Gasteiger partial charge in [0, 0.05) is 6.07 Å². The minimum Gasteiger partial charge on any atom is -0.438 e.